The van der Waals surface area contributed by atoms with Gasteiger partial charge >= 0.3 is 0 Å². The quantitative estimate of drug-likeness (QED) is 0.467. The average molecular weight is 453 g/mol. The standard InChI is InChI=1S/C27H42F2O3/c1-17(12-14-27(28,29)25(3,4)32)22-10-11-23-19(7-6-13-26(22,23)5)8-9-20-15-21(30)16-24(31)18(20)2/h8-9,17,21-24,30-32H,2,6-7,10-16H2,1,3-5H3/b19-8+,20-9-/t17-,21+,22-,23+,24-,26-/m1/s1. The summed E-state index contributed by atoms with van der Waals surface area (Å²) in [4.78, 5) is 0. The molecule has 182 valence electrons. The van der Waals surface area contributed by atoms with Gasteiger partial charge in [0.15, 0.2) is 0 Å². The van der Waals surface area contributed by atoms with Crippen LogP contribution >= 0.6 is 0 Å². The van der Waals surface area contributed by atoms with Crippen LogP contribution in [0.2, 0.25) is 0 Å². The molecule has 0 aromatic carbocycles. The van der Waals surface area contributed by atoms with Gasteiger partial charge in [0, 0.05) is 12.8 Å². The molecule has 5 heteroatoms. The predicted molar refractivity (Wildman–Crippen MR) is 124 cm³/mol. The summed E-state index contributed by atoms with van der Waals surface area (Å²) in [7, 11) is 0. The summed E-state index contributed by atoms with van der Waals surface area (Å²) < 4.78 is 28.6. The van der Waals surface area contributed by atoms with Gasteiger partial charge in [0.05, 0.1) is 12.2 Å². The first kappa shape index (κ1) is 25.6. The number of aliphatic hydroxyl groups excluding tert-OH is 2. The topological polar surface area (TPSA) is 60.7 Å². The van der Waals surface area contributed by atoms with Crippen molar-refractivity contribution in [1.29, 1.82) is 0 Å². The monoisotopic (exact) mass is 452 g/mol. The molecule has 3 saturated carbocycles. The van der Waals surface area contributed by atoms with Crippen LogP contribution in [0.1, 0.15) is 85.5 Å². The molecule has 3 fully saturated rings. The zero-order valence-corrected chi connectivity index (χ0v) is 20.2. The van der Waals surface area contributed by atoms with Crippen LogP contribution in [0.3, 0.4) is 0 Å². The van der Waals surface area contributed by atoms with E-state index in [0.29, 0.717) is 36.7 Å². The van der Waals surface area contributed by atoms with Crippen LogP contribution in [-0.2, 0) is 0 Å². The highest BCUT2D eigenvalue weighted by Gasteiger charge is 2.51. The highest BCUT2D eigenvalue weighted by molar-refractivity contribution is 5.38. The molecule has 32 heavy (non-hydrogen) atoms. The van der Waals surface area contributed by atoms with Crippen molar-refractivity contribution in [3.05, 3.63) is 35.5 Å². The molecule has 3 N–H and O–H groups in total. The van der Waals surface area contributed by atoms with Crippen molar-refractivity contribution in [1.82, 2.24) is 0 Å². The van der Waals surface area contributed by atoms with Crippen molar-refractivity contribution in [2.45, 2.75) is 109 Å². The second-order valence-corrected chi connectivity index (χ2v) is 11.4. The molecule has 0 amide bonds. The van der Waals surface area contributed by atoms with Crippen molar-refractivity contribution in [2.24, 2.45) is 23.2 Å². The Kier molecular flexibility index (Phi) is 7.44. The van der Waals surface area contributed by atoms with Crippen molar-refractivity contribution in [2.75, 3.05) is 0 Å². The fraction of sp³-hybridized carbons (Fsp3) is 0.778. The molecule has 0 aromatic rings. The Hall–Kier alpha value is -1.04. The molecule has 0 aliphatic heterocycles. The van der Waals surface area contributed by atoms with Gasteiger partial charge in [-0.1, -0.05) is 38.2 Å². The molecule has 3 aliphatic carbocycles. The number of hydrogen-bond acceptors (Lipinski definition) is 3. The Balaban J connectivity index is 1.73. The second kappa shape index (κ2) is 9.31. The first-order chi connectivity index (χ1) is 14.8. The maximum absolute atomic E-state index is 14.3. The van der Waals surface area contributed by atoms with E-state index in [1.165, 1.54) is 19.4 Å². The zero-order chi connectivity index (χ0) is 23.9. The molecule has 0 bridgehead atoms. The van der Waals surface area contributed by atoms with Gasteiger partial charge < -0.3 is 15.3 Å². The summed E-state index contributed by atoms with van der Waals surface area (Å²) in [5.41, 5.74) is 1.15. The Morgan fingerprint density at radius 2 is 1.91 bits per heavy atom. The fourth-order valence-corrected chi connectivity index (χ4v) is 6.60. The normalized spacial score (nSPS) is 37.7. The van der Waals surface area contributed by atoms with Gasteiger partial charge in [-0.3, -0.25) is 0 Å². The Labute approximate surface area is 192 Å². The van der Waals surface area contributed by atoms with Crippen molar-refractivity contribution < 1.29 is 24.1 Å². The summed E-state index contributed by atoms with van der Waals surface area (Å²) >= 11 is 0. The Morgan fingerprint density at radius 3 is 2.56 bits per heavy atom. The van der Waals surface area contributed by atoms with E-state index in [0.717, 1.165) is 37.7 Å². The molecule has 0 radical (unpaired) electrons. The van der Waals surface area contributed by atoms with Gasteiger partial charge in [-0.15, -0.1) is 0 Å². The van der Waals surface area contributed by atoms with Crippen molar-refractivity contribution in [3.63, 3.8) is 0 Å². The molecule has 3 rings (SSSR count). The number of fused-ring (bicyclic) bond motifs is 1. The van der Waals surface area contributed by atoms with Gasteiger partial charge in [-0.05, 0) is 93.1 Å². The smallest absolute Gasteiger partial charge is 0.275 e. The zero-order valence-electron chi connectivity index (χ0n) is 20.2. The third-order valence-electron chi connectivity index (χ3n) is 8.80. The molecule has 3 aliphatic rings. The third-order valence-corrected chi connectivity index (χ3v) is 8.80. The SMILES string of the molecule is C=C1/C(=C\C=C2/CCC[C@]3(C)[C@@H]([C@H](C)CCC(F)(F)C(C)(C)O)CC[C@@H]23)C[C@H](O)C[C@H]1O. The number of aliphatic hydroxyl groups is 3. The third kappa shape index (κ3) is 5.05. The van der Waals surface area contributed by atoms with Gasteiger partial charge in [0.25, 0.3) is 5.92 Å². The second-order valence-electron chi connectivity index (χ2n) is 11.4. The van der Waals surface area contributed by atoms with Gasteiger partial charge in [-0.2, -0.15) is 0 Å². The van der Waals surface area contributed by atoms with Gasteiger partial charge in [-0.25, -0.2) is 8.78 Å². The van der Waals surface area contributed by atoms with Crippen LogP contribution in [-0.4, -0.2) is 39.1 Å². The molecule has 0 unspecified atom stereocenters. The van der Waals surface area contributed by atoms with Crippen LogP contribution in [0.25, 0.3) is 0 Å². The van der Waals surface area contributed by atoms with E-state index in [1.54, 1.807) is 0 Å². The van der Waals surface area contributed by atoms with Crippen molar-refractivity contribution >= 4 is 0 Å². The van der Waals surface area contributed by atoms with E-state index < -0.39 is 23.7 Å². The Bertz CT molecular complexity index is 763. The van der Waals surface area contributed by atoms with E-state index in [4.69, 9.17) is 0 Å². The maximum Gasteiger partial charge on any atom is 0.275 e. The fourth-order valence-electron chi connectivity index (χ4n) is 6.60. The lowest BCUT2D eigenvalue weighted by Gasteiger charge is -2.44. The minimum Gasteiger partial charge on any atom is -0.393 e. The van der Waals surface area contributed by atoms with Gasteiger partial charge in [0.1, 0.15) is 5.60 Å². The maximum atomic E-state index is 14.3. The first-order valence-electron chi connectivity index (χ1n) is 12.3. The van der Waals surface area contributed by atoms with E-state index in [2.05, 4.69) is 26.5 Å². The molecule has 6 atom stereocenters. The predicted octanol–water partition coefficient (Wildman–Crippen LogP) is 5.95. The molecular formula is C27H42F2O3. The summed E-state index contributed by atoms with van der Waals surface area (Å²) in [6, 6.07) is 0. The number of halogens is 2. The van der Waals surface area contributed by atoms with Crippen LogP contribution in [0, 0.1) is 23.2 Å². The number of allylic oxidation sites excluding steroid dienone is 3. The Morgan fingerprint density at radius 1 is 1.22 bits per heavy atom. The largest absolute Gasteiger partial charge is 0.393 e. The van der Waals surface area contributed by atoms with Crippen LogP contribution in [0.5, 0.6) is 0 Å². The highest BCUT2D eigenvalue weighted by Crippen LogP contribution is 2.60. The van der Waals surface area contributed by atoms with Crippen LogP contribution in [0.4, 0.5) is 8.78 Å². The van der Waals surface area contributed by atoms with E-state index in [9.17, 15) is 24.1 Å². The minimum absolute atomic E-state index is 0.106. The molecule has 0 heterocycles. The molecule has 0 saturated heterocycles. The molecule has 0 spiro atoms. The number of alkyl halides is 2. The van der Waals surface area contributed by atoms with Crippen LogP contribution in [0.15, 0.2) is 35.5 Å². The van der Waals surface area contributed by atoms with E-state index >= 15 is 0 Å². The van der Waals surface area contributed by atoms with Crippen LogP contribution < -0.4 is 0 Å². The summed E-state index contributed by atoms with van der Waals surface area (Å²) in [5, 5.41) is 29.9. The number of hydrogen-bond donors (Lipinski definition) is 3. The lowest BCUT2D eigenvalue weighted by Crippen LogP contribution is -2.43. The average Bonchev–Trinajstić information content (AvgIpc) is 3.04. The summed E-state index contributed by atoms with van der Waals surface area (Å²) in [5.74, 6) is -2.06. The lowest BCUT2D eigenvalue weighted by molar-refractivity contribution is -0.168. The molecule has 0 aromatic heterocycles. The lowest BCUT2D eigenvalue weighted by atomic mass is 9.60. The summed E-state index contributed by atoms with van der Waals surface area (Å²) in [6.45, 7) is 10.8. The minimum atomic E-state index is -3.08. The van der Waals surface area contributed by atoms with E-state index in [1.807, 2.05) is 6.08 Å². The molecule has 3 nitrogen and oxygen atoms in total. The van der Waals surface area contributed by atoms with Gasteiger partial charge in [0.2, 0.25) is 0 Å². The highest BCUT2D eigenvalue weighted by atomic mass is 19.3. The summed E-state index contributed by atoms with van der Waals surface area (Å²) in [6.07, 6.45) is 9.40. The number of rotatable bonds is 6. The molecular weight excluding hydrogens is 410 g/mol. The van der Waals surface area contributed by atoms with Crippen molar-refractivity contribution in [3.8, 4) is 0 Å². The first-order valence-corrected chi connectivity index (χ1v) is 12.3. The van der Waals surface area contributed by atoms with E-state index in [-0.39, 0.29) is 17.8 Å².